The number of rotatable bonds is 7. The van der Waals surface area contributed by atoms with Crippen LogP contribution < -0.4 is 5.32 Å². The maximum absolute atomic E-state index is 11.9. The minimum Gasteiger partial charge on any atom is -0.381 e. The molecular formula is C16H24N2O3. The van der Waals surface area contributed by atoms with Crippen molar-refractivity contribution in [2.24, 2.45) is 5.92 Å². The quantitative estimate of drug-likeness (QED) is 0.785. The predicted octanol–water partition coefficient (Wildman–Crippen LogP) is 2.39. The summed E-state index contributed by atoms with van der Waals surface area (Å²) in [6, 6.07) is 6.92. The Morgan fingerprint density at radius 2 is 2.00 bits per heavy atom. The minimum atomic E-state index is -0.117. The van der Waals surface area contributed by atoms with Gasteiger partial charge in [0, 0.05) is 32.0 Å². The van der Waals surface area contributed by atoms with Crippen molar-refractivity contribution >= 4 is 17.5 Å². The van der Waals surface area contributed by atoms with Crippen LogP contribution >= 0.6 is 0 Å². The molecule has 1 aromatic rings. The number of benzene rings is 1. The molecule has 0 aliphatic rings. The lowest BCUT2D eigenvalue weighted by atomic mass is 10.2. The van der Waals surface area contributed by atoms with Crippen LogP contribution in [0.2, 0.25) is 0 Å². The minimum absolute atomic E-state index is 0.0913. The lowest BCUT2D eigenvalue weighted by Gasteiger charge is -2.12. The molecule has 0 spiro atoms. The topological polar surface area (TPSA) is 58.6 Å². The Morgan fingerprint density at radius 3 is 2.62 bits per heavy atom. The molecule has 0 radical (unpaired) electrons. The number of hydrogen-bond donors (Lipinski definition) is 1. The zero-order chi connectivity index (χ0) is 15.8. The van der Waals surface area contributed by atoms with Gasteiger partial charge in [0.1, 0.15) is 0 Å². The number of ether oxygens (including phenoxy) is 1. The molecule has 0 aliphatic heterocycles. The van der Waals surface area contributed by atoms with Crippen LogP contribution in [0.1, 0.15) is 30.6 Å². The maximum atomic E-state index is 11.9. The van der Waals surface area contributed by atoms with Crippen LogP contribution in [0.25, 0.3) is 0 Å². The van der Waals surface area contributed by atoms with Crippen molar-refractivity contribution in [3.8, 4) is 0 Å². The molecule has 0 fully saturated rings. The van der Waals surface area contributed by atoms with E-state index < -0.39 is 0 Å². The number of carbonyl (C=O) groups is 2. The first-order valence-electron chi connectivity index (χ1n) is 7.09. The molecule has 0 unspecified atom stereocenters. The molecule has 1 rings (SSSR count). The van der Waals surface area contributed by atoms with Crippen molar-refractivity contribution < 1.29 is 14.3 Å². The van der Waals surface area contributed by atoms with Crippen molar-refractivity contribution in [3.05, 3.63) is 29.8 Å². The fourth-order valence-corrected chi connectivity index (χ4v) is 1.70. The number of carbonyl (C=O) groups excluding carboxylic acids is 2. The molecule has 0 aliphatic carbocycles. The third kappa shape index (κ3) is 6.40. The van der Waals surface area contributed by atoms with Gasteiger partial charge in [-0.2, -0.15) is 0 Å². The van der Waals surface area contributed by atoms with E-state index >= 15 is 0 Å². The first-order chi connectivity index (χ1) is 9.90. The van der Waals surface area contributed by atoms with Crippen LogP contribution in [0.5, 0.6) is 0 Å². The summed E-state index contributed by atoms with van der Waals surface area (Å²) in [6.07, 6.45) is 0.304. The van der Waals surface area contributed by atoms with E-state index in [1.54, 1.807) is 38.4 Å². The van der Waals surface area contributed by atoms with Gasteiger partial charge in [0.25, 0.3) is 5.91 Å². The van der Waals surface area contributed by atoms with Crippen LogP contribution in [-0.4, -0.2) is 44.0 Å². The summed E-state index contributed by atoms with van der Waals surface area (Å²) >= 11 is 0. The third-order valence-electron chi connectivity index (χ3n) is 2.72. The van der Waals surface area contributed by atoms with Gasteiger partial charge in [-0.05, 0) is 24.1 Å². The third-order valence-corrected chi connectivity index (χ3v) is 2.72. The average molecular weight is 292 g/mol. The Labute approximate surface area is 126 Å². The van der Waals surface area contributed by atoms with Gasteiger partial charge >= 0.3 is 0 Å². The molecule has 0 bridgehead atoms. The van der Waals surface area contributed by atoms with Crippen LogP contribution in [0, 0.1) is 5.92 Å². The van der Waals surface area contributed by atoms with Gasteiger partial charge in [-0.25, -0.2) is 0 Å². The summed E-state index contributed by atoms with van der Waals surface area (Å²) in [4.78, 5) is 25.1. The Bertz CT molecular complexity index is 484. The standard InChI is InChI=1S/C16H24N2O3/c1-12(2)11-21-9-8-15(19)17-14-7-5-6-13(10-14)16(20)18(3)4/h5-7,10,12H,8-9,11H2,1-4H3,(H,17,19). The molecule has 116 valence electrons. The van der Waals surface area contributed by atoms with E-state index in [1.165, 1.54) is 4.90 Å². The van der Waals surface area contributed by atoms with Gasteiger partial charge in [-0.1, -0.05) is 19.9 Å². The molecule has 21 heavy (non-hydrogen) atoms. The number of nitrogens with zero attached hydrogens (tertiary/aromatic N) is 1. The first-order valence-corrected chi connectivity index (χ1v) is 7.09. The summed E-state index contributed by atoms with van der Waals surface area (Å²) in [5.41, 5.74) is 1.17. The second kappa shape index (κ2) is 8.42. The summed E-state index contributed by atoms with van der Waals surface area (Å²) in [6.45, 7) is 5.18. The van der Waals surface area contributed by atoms with Crippen LogP contribution in [0.3, 0.4) is 0 Å². The van der Waals surface area contributed by atoms with Gasteiger partial charge in [-0.15, -0.1) is 0 Å². The van der Waals surface area contributed by atoms with Crippen LogP contribution in [-0.2, 0) is 9.53 Å². The van der Waals surface area contributed by atoms with Gasteiger partial charge in [0.2, 0.25) is 5.91 Å². The van der Waals surface area contributed by atoms with Gasteiger partial charge in [0.05, 0.1) is 13.0 Å². The van der Waals surface area contributed by atoms with Gasteiger partial charge in [-0.3, -0.25) is 9.59 Å². The molecule has 0 atom stereocenters. The van der Waals surface area contributed by atoms with E-state index in [0.717, 1.165) is 0 Å². The zero-order valence-corrected chi connectivity index (χ0v) is 13.2. The number of amides is 2. The Kier molecular flexibility index (Phi) is 6.88. The van der Waals surface area contributed by atoms with E-state index in [9.17, 15) is 9.59 Å². The largest absolute Gasteiger partial charge is 0.381 e. The van der Waals surface area contributed by atoms with Gasteiger partial charge < -0.3 is 15.0 Å². The number of nitrogens with one attached hydrogen (secondary N) is 1. The molecule has 1 N–H and O–H groups in total. The summed E-state index contributed by atoms with van der Waals surface area (Å²) in [5, 5.41) is 2.77. The highest BCUT2D eigenvalue weighted by atomic mass is 16.5. The molecule has 0 aromatic heterocycles. The molecule has 0 heterocycles. The fraction of sp³-hybridized carbons (Fsp3) is 0.500. The van der Waals surface area contributed by atoms with E-state index in [1.807, 2.05) is 0 Å². The van der Waals surface area contributed by atoms with E-state index in [-0.39, 0.29) is 11.8 Å². The van der Waals surface area contributed by atoms with Crippen LogP contribution in [0.15, 0.2) is 24.3 Å². The Hall–Kier alpha value is -1.88. The fourth-order valence-electron chi connectivity index (χ4n) is 1.70. The smallest absolute Gasteiger partial charge is 0.253 e. The summed E-state index contributed by atoms with van der Waals surface area (Å²) in [5.74, 6) is 0.251. The van der Waals surface area contributed by atoms with Crippen molar-refractivity contribution in [1.29, 1.82) is 0 Å². The lowest BCUT2D eigenvalue weighted by Crippen LogP contribution is -2.22. The monoisotopic (exact) mass is 292 g/mol. The van der Waals surface area contributed by atoms with E-state index in [0.29, 0.717) is 36.8 Å². The van der Waals surface area contributed by atoms with E-state index in [2.05, 4.69) is 19.2 Å². The first kappa shape index (κ1) is 17.2. The molecule has 0 saturated heterocycles. The zero-order valence-electron chi connectivity index (χ0n) is 13.2. The molecular weight excluding hydrogens is 268 g/mol. The normalized spacial score (nSPS) is 10.5. The molecule has 5 heteroatoms. The van der Waals surface area contributed by atoms with Crippen molar-refractivity contribution in [3.63, 3.8) is 0 Å². The van der Waals surface area contributed by atoms with Crippen molar-refractivity contribution in [2.75, 3.05) is 32.6 Å². The highest BCUT2D eigenvalue weighted by Gasteiger charge is 2.09. The van der Waals surface area contributed by atoms with Crippen molar-refractivity contribution in [2.45, 2.75) is 20.3 Å². The number of hydrogen-bond acceptors (Lipinski definition) is 3. The van der Waals surface area contributed by atoms with Gasteiger partial charge in [0.15, 0.2) is 0 Å². The summed E-state index contributed by atoms with van der Waals surface area (Å²) < 4.78 is 5.38. The molecule has 2 amide bonds. The Balaban J connectivity index is 2.49. The predicted molar refractivity (Wildman–Crippen MR) is 83.4 cm³/mol. The van der Waals surface area contributed by atoms with Crippen molar-refractivity contribution in [1.82, 2.24) is 4.90 Å². The Morgan fingerprint density at radius 1 is 1.29 bits per heavy atom. The van der Waals surface area contributed by atoms with E-state index in [4.69, 9.17) is 4.74 Å². The number of anilines is 1. The molecule has 0 saturated carbocycles. The second-order valence-corrected chi connectivity index (χ2v) is 5.55. The lowest BCUT2D eigenvalue weighted by molar-refractivity contribution is -0.117. The molecule has 1 aromatic carbocycles. The SMILES string of the molecule is CC(C)COCCC(=O)Nc1cccc(C(=O)N(C)C)c1. The van der Waals surface area contributed by atoms with Crippen LogP contribution in [0.4, 0.5) is 5.69 Å². The highest BCUT2D eigenvalue weighted by Crippen LogP contribution is 2.12. The second-order valence-electron chi connectivity index (χ2n) is 5.55. The summed E-state index contributed by atoms with van der Waals surface area (Å²) in [7, 11) is 3.39. The molecule has 5 nitrogen and oxygen atoms in total. The average Bonchev–Trinajstić information content (AvgIpc) is 2.42. The maximum Gasteiger partial charge on any atom is 0.253 e. The highest BCUT2D eigenvalue weighted by molar-refractivity contribution is 5.96.